The summed E-state index contributed by atoms with van der Waals surface area (Å²) in [6.45, 7) is 9.67. The number of hydrogen-bond acceptors (Lipinski definition) is 3. The Morgan fingerprint density at radius 3 is 2.52 bits per heavy atom. The van der Waals surface area contributed by atoms with E-state index in [4.69, 9.17) is 27.9 Å². The Morgan fingerprint density at radius 1 is 0.966 bits per heavy atom. The first-order valence-electron chi connectivity index (χ1n) is 10.1. The lowest BCUT2D eigenvalue weighted by Gasteiger charge is -2.19. The van der Waals surface area contributed by atoms with E-state index >= 15 is 0 Å². The molecule has 0 saturated carbocycles. The minimum absolute atomic E-state index is 0.404. The molecule has 0 unspecified atom stereocenters. The summed E-state index contributed by atoms with van der Waals surface area (Å²) in [5.74, 6) is 0.880. The molecule has 0 saturated heterocycles. The molecule has 0 heterocycles. The van der Waals surface area contributed by atoms with Gasteiger partial charge in [0, 0.05) is 40.8 Å². The second-order valence-corrected chi connectivity index (χ2v) is 7.84. The third-order valence-electron chi connectivity index (χ3n) is 5.20. The van der Waals surface area contributed by atoms with Crippen LogP contribution >= 0.6 is 23.2 Å². The van der Waals surface area contributed by atoms with Crippen molar-refractivity contribution in [2.45, 2.75) is 27.0 Å². The summed E-state index contributed by atoms with van der Waals surface area (Å²) in [7, 11) is 0. The Morgan fingerprint density at radius 2 is 1.76 bits per heavy atom. The first-order valence-corrected chi connectivity index (χ1v) is 10.9. The zero-order valence-corrected chi connectivity index (χ0v) is 18.6. The van der Waals surface area contributed by atoms with Crippen molar-refractivity contribution in [1.29, 1.82) is 0 Å². The van der Waals surface area contributed by atoms with Gasteiger partial charge >= 0.3 is 0 Å². The van der Waals surface area contributed by atoms with Crippen molar-refractivity contribution in [3.8, 4) is 5.75 Å². The molecule has 3 rings (SSSR count). The third kappa shape index (κ3) is 5.86. The van der Waals surface area contributed by atoms with Crippen LogP contribution in [0.15, 0.2) is 54.6 Å². The van der Waals surface area contributed by atoms with E-state index in [0.717, 1.165) is 44.0 Å². The van der Waals surface area contributed by atoms with Crippen molar-refractivity contribution in [2.24, 2.45) is 0 Å². The molecule has 0 aliphatic carbocycles. The molecule has 154 valence electrons. The second-order valence-electron chi connectivity index (χ2n) is 6.99. The van der Waals surface area contributed by atoms with Crippen LogP contribution in [0, 0.1) is 0 Å². The molecule has 0 amide bonds. The fraction of sp³-hybridized carbons (Fsp3) is 0.333. The summed E-state index contributed by atoms with van der Waals surface area (Å²) in [6, 6.07) is 18.1. The van der Waals surface area contributed by atoms with Crippen LogP contribution in [0.2, 0.25) is 10.0 Å². The van der Waals surface area contributed by atoms with Crippen LogP contribution < -0.4 is 10.1 Å². The van der Waals surface area contributed by atoms with E-state index in [1.807, 2.05) is 18.2 Å². The number of ether oxygens (including phenoxy) is 1. The third-order valence-corrected chi connectivity index (χ3v) is 5.78. The topological polar surface area (TPSA) is 24.5 Å². The SMILES string of the molecule is CCN(CC)CCNCc1c(OCc2ccc(Cl)cc2Cl)ccc2ccccc12. The van der Waals surface area contributed by atoms with Gasteiger partial charge in [-0.3, -0.25) is 0 Å². The fourth-order valence-electron chi connectivity index (χ4n) is 3.42. The molecule has 0 fully saturated rings. The van der Waals surface area contributed by atoms with Gasteiger partial charge in [0.1, 0.15) is 12.4 Å². The van der Waals surface area contributed by atoms with Gasteiger partial charge in [0.15, 0.2) is 0 Å². The zero-order valence-electron chi connectivity index (χ0n) is 17.1. The lowest BCUT2D eigenvalue weighted by atomic mass is 10.0. The van der Waals surface area contributed by atoms with Crippen LogP contribution in [0.1, 0.15) is 25.0 Å². The fourth-order valence-corrected chi connectivity index (χ4v) is 3.88. The van der Waals surface area contributed by atoms with Crippen LogP contribution in [0.5, 0.6) is 5.75 Å². The highest BCUT2D eigenvalue weighted by Crippen LogP contribution is 2.30. The van der Waals surface area contributed by atoms with Gasteiger partial charge in [-0.2, -0.15) is 0 Å². The summed E-state index contributed by atoms with van der Waals surface area (Å²) >= 11 is 12.3. The van der Waals surface area contributed by atoms with E-state index in [-0.39, 0.29) is 0 Å². The van der Waals surface area contributed by atoms with Gasteiger partial charge in [-0.05, 0) is 42.1 Å². The molecule has 1 N–H and O–H groups in total. The zero-order chi connectivity index (χ0) is 20.6. The molecule has 0 bridgehead atoms. The number of hydrogen-bond donors (Lipinski definition) is 1. The maximum Gasteiger partial charge on any atom is 0.124 e. The maximum atomic E-state index is 6.31. The molecule has 3 aromatic carbocycles. The number of halogens is 2. The molecule has 0 radical (unpaired) electrons. The minimum atomic E-state index is 0.404. The molecule has 0 spiro atoms. The van der Waals surface area contributed by atoms with Crippen LogP contribution in [-0.4, -0.2) is 31.1 Å². The number of nitrogens with zero attached hydrogens (tertiary/aromatic N) is 1. The first-order chi connectivity index (χ1) is 14.1. The van der Waals surface area contributed by atoms with Crippen LogP contribution in [-0.2, 0) is 13.2 Å². The van der Waals surface area contributed by atoms with Crippen LogP contribution in [0.25, 0.3) is 10.8 Å². The number of fused-ring (bicyclic) bond motifs is 1. The minimum Gasteiger partial charge on any atom is -0.488 e. The number of likely N-dealkylation sites (N-methyl/N-ethyl adjacent to an activating group) is 1. The first kappa shape index (κ1) is 21.9. The highest BCUT2D eigenvalue weighted by molar-refractivity contribution is 6.35. The monoisotopic (exact) mass is 430 g/mol. The van der Waals surface area contributed by atoms with E-state index in [0.29, 0.717) is 16.7 Å². The Hall–Kier alpha value is -1.78. The number of rotatable bonds is 10. The Kier molecular flexibility index (Phi) is 8.19. The van der Waals surface area contributed by atoms with Gasteiger partial charge < -0.3 is 15.0 Å². The maximum absolute atomic E-state index is 6.31. The normalized spacial score (nSPS) is 11.3. The van der Waals surface area contributed by atoms with Crippen molar-refractivity contribution in [2.75, 3.05) is 26.2 Å². The summed E-state index contributed by atoms with van der Waals surface area (Å²) in [5, 5.41) is 7.26. The summed E-state index contributed by atoms with van der Waals surface area (Å²) in [4.78, 5) is 2.41. The lowest BCUT2D eigenvalue weighted by Crippen LogP contribution is -2.31. The van der Waals surface area contributed by atoms with E-state index < -0.39 is 0 Å². The molecule has 5 heteroatoms. The van der Waals surface area contributed by atoms with E-state index in [9.17, 15) is 0 Å². The largest absolute Gasteiger partial charge is 0.488 e. The molecular formula is C24H28Cl2N2O. The van der Waals surface area contributed by atoms with Crippen molar-refractivity contribution >= 4 is 34.0 Å². The predicted octanol–water partition coefficient (Wildman–Crippen LogP) is 6.16. The number of nitrogens with one attached hydrogen (secondary N) is 1. The molecular weight excluding hydrogens is 403 g/mol. The highest BCUT2D eigenvalue weighted by atomic mass is 35.5. The molecule has 0 aliphatic heterocycles. The van der Waals surface area contributed by atoms with Gasteiger partial charge in [-0.25, -0.2) is 0 Å². The van der Waals surface area contributed by atoms with E-state index in [1.54, 1.807) is 6.07 Å². The van der Waals surface area contributed by atoms with E-state index in [2.05, 4.69) is 54.4 Å². The molecule has 0 atom stereocenters. The standard InChI is InChI=1S/C24H28Cl2N2O/c1-3-28(4-2)14-13-27-16-22-21-8-6-5-7-18(21)10-12-24(22)29-17-19-9-11-20(25)15-23(19)26/h5-12,15,27H,3-4,13-14,16-17H2,1-2H3. The Labute approximate surface area is 183 Å². The van der Waals surface area contributed by atoms with Gasteiger partial charge in [-0.1, -0.05) is 73.4 Å². The van der Waals surface area contributed by atoms with Crippen LogP contribution in [0.3, 0.4) is 0 Å². The average Bonchev–Trinajstić information content (AvgIpc) is 2.73. The summed E-state index contributed by atoms with van der Waals surface area (Å²) < 4.78 is 6.19. The van der Waals surface area contributed by atoms with Crippen molar-refractivity contribution in [3.63, 3.8) is 0 Å². The average molecular weight is 431 g/mol. The summed E-state index contributed by atoms with van der Waals surface area (Å²) in [6.07, 6.45) is 0. The van der Waals surface area contributed by atoms with Crippen molar-refractivity contribution < 1.29 is 4.74 Å². The molecule has 0 aromatic heterocycles. The van der Waals surface area contributed by atoms with Gasteiger partial charge in [0.05, 0.1) is 0 Å². The van der Waals surface area contributed by atoms with E-state index in [1.165, 1.54) is 16.3 Å². The smallest absolute Gasteiger partial charge is 0.124 e. The highest BCUT2D eigenvalue weighted by Gasteiger charge is 2.10. The van der Waals surface area contributed by atoms with Gasteiger partial charge in [-0.15, -0.1) is 0 Å². The Bertz CT molecular complexity index is 941. The van der Waals surface area contributed by atoms with Crippen molar-refractivity contribution in [1.82, 2.24) is 10.2 Å². The summed E-state index contributed by atoms with van der Waals surface area (Å²) in [5.41, 5.74) is 2.09. The molecule has 3 nitrogen and oxygen atoms in total. The quantitative estimate of drug-likeness (QED) is 0.389. The predicted molar refractivity (Wildman–Crippen MR) is 124 cm³/mol. The molecule has 3 aromatic rings. The van der Waals surface area contributed by atoms with Gasteiger partial charge in [0.25, 0.3) is 0 Å². The number of benzene rings is 3. The van der Waals surface area contributed by atoms with Crippen molar-refractivity contribution in [3.05, 3.63) is 75.8 Å². The second kappa shape index (κ2) is 10.8. The molecule has 29 heavy (non-hydrogen) atoms. The lowest BCUT2D eigenvalue weighted by molar-refractivity contribution is 0.296. The molecule has 0 aliphatic rings. The van der Waals surface area contributed by atoms with Gasteiger partial charge in [0.2, 0.25) is 0 Å². The van der Waals surface area contributed by atoms with Crippen LogP contribution in [0.4, 0.5) is 0 Å². The Balaban J connectivity index is 1.76.